The van der Waals surface area contributed by atoms with E-state index in [-0.39, 0.29) is 17.1 Å². The first-order valence-electron chi connectivity index (χ1n) is 11.2. The Morgan fingerprint density at radius 2 is 1.75 bits per heavy atom. The largest absolute Gasteiger partial charge is 0.381 e. The molecule has 0 aliphatic carbocycles. The van der Waals surface area contributed by atoms with Crippen LogP contribution < -0.4 is 5.32 Å². The standard InChI is InChI=1S/C26H28FN3O2/c1-26(2)16-29-25(31)22-21(18-3-5-20(27)6-4-18)23(19-7-11-28-12-8-19)30(24(22)26)15-17-9-13-32-14-10-17/h3-8,11-12,17H,9-10,13-16H2,1-2H3,(H,29,31). The lowest BCUT2D eigenvalue weighted by atomic mass is 9.82. The van der Waals surface area contributed by atoms with Crippen molar-refractivity contribution in [1.82, 2.24) is 14.9 Å². The molecule has 0 radical (unpaired) electrons. The number of nitrogens with one attached hydrogen (secondary N) is 1. The van der Waals surface area contributed by atoms with E-state index in [1.165, 1.54) is 12.1 Å². The molecule has 32 heavy (non-hydrogen) atoms. The summed E-state index contributed by atoms with van der Waals surface area (Å²) in [6, 6.07) is 10.4. The smallest absolute Gasteiger partial charge is 0.253 e. The second-order valence-electron chi connectivity index (χ2n) is 9.42. The van der Waals surface area contributed by atoms with E-state index < -0.39 is 0 Å². The first-order chi connectivity index (χ1) is 15.5. The van der Waals surface area contributed by atoms with Gasteiger partial charge in [-0.25, -0.2) is 4.39 Å². The number of amides is 1. The Morgan fingerprint density at radius 1 is 1.06 bits per heavy atom. The molecule has 3 aromatic rings. The third-order valence-corrected chi connectivity index (χ3v) is 6.69. The highest BCUT2D eigenvalue weighted by Gasteiger charge is 2.40. The molecule has 166 valence electrons. The fourth-order valence-electron chi connectivity index (χ4n) is 5.09. The zero-order valence-electron chi connectivity index (χ0n) is 18.5. The second kappa shape index (κ2) is 8.17. The van der Waals surface area contributed by atoms with Crippen LogP contribution in [0.3, 0.4) is 0 Å². The summed E-state index contributed by atoms with van der Waals surface area (Å²) < 4.78 is 21.7. The minimum absolute atomic E-state index is 0.0697. The summed E-state index contributed by atoms with van der Waals surface area (Å²) in [4.78, 5) is 17.5. The number of ether oxygens (including phenoxy) is 1. The second-order valence-corrected chi connectivity index (χ2v) is 9.42. The molecule has 0 bridgehead atoms. The van der Waals surface area contributed by atoms with Crippen molar-refractivity contribution in [3.05, 3.63) is 65.9 Å². The molecule has 6 heteroatoms. The van der Waals surface area contributed by atoms with Crippen molar-refractivity contribution in [2.75, 3.05) is 19.8 Å². The molecule has 0 saturated carbocycles. The molecule has 4 heterocycles. The maximum Gasteiger partial charge on any atom is 0.253 e. The van der Waals surface area contributed by atoms with Crippen molar-refractivity contribution in [2.45, 2.75) is 38.6 Å². The Kier molecular flexibility index (Phi) is 5.33. The quantitative estimate of drug-likeness (QED) is 0.643. The number of halogens is 1. The molecule has 2 aliphatic heterocycles. The molecule has 1 aromatic carbocycles. The Morgan fingerprint density at radius 3 is 2.44 bits per heavy atom. The summed E-state index contributed by atoms with van der Waals surface area (Å²) in [6.45, 7) is 7.30. The summed E-state index contributed by atoms with van der Waals surface area (Å²) in [7, 11) is 0. The molecule has 1 amide bonds. The number of nitrogens with zero attached hydrogens (tertiary/aromatic N) is 2. The number of rotatable bonds is 4. The average molecular weight is 434 g/mol. The first kappa shape index (κ1) is 20.9. The normalized spacial score (nSPS) is 18.3. The van der Waals surface area contributed by atoms with E-state index in [4.69, 9.17) is 4.74 Å². The van der Waals surface area contributed by atoms with Crippen molar-refractivity contribution in [1.29, 1.82) is 0 Å². The molecular formula is C26H28FN3O2. The monoisotopic (exact) mass is 433 g/mol. The highest BCUT2D eigenvalue weighted by atomic mass is 19.1. The Balaban J connectivity index is 1.82. The van der Waals surface area contributed by atoms with E-state index in [0.29, 0.717) is 18.0 Å². The minimum Gasteiger partial charge on any atom is -0.381 e. The molecule has 0 unspecified atom stereocenters. The Bertz CT molecular complexity index is 1130. The van der Waals surface area contributed by atoms with Crippen LogP contribution >= 0.6 is 0 Å². The van der Waals surface area contributed by atoms with Crippen LogP contribution in [-0.2, 0) is 16.7 Å². The van der Waals surface area contributed by atoms with Crippen molar-refractivity contribution >= 4 is 5.91 Å². The number of pyridine rings is 1. The summed E-state index contributed by atoms with van der Waals surface area (Å²) in [6.07, 6.45) is 5.56. The van der Waals surface area contributed by atoms with Gasteiger partial charge in [0, 0.05) is 60.9 Å². The zero-order chi connectivity index (χ0) is 22.3. The van der Waals surface area contributed by atoms with E-state index in [9.17, 15) is 9.18 Å². The predicted molar refractivity (Wildman–Crippen MR) is 122 cm³/mol. The average Bonchev–Trinajstić information content (AvgIpc) is 3.15. The summed E-state index contributed by atoms with van der Waals surface area (Å²) >= 11 is 0. The Labute approximate surface area is 187 Å². The van der Waals surface area contributed by atoms with E-state index in [0.717, 1.165) is 60.7 Å². The van der Waals surface area contributed by atoms with Crippen LogP contribution in [0.5, 0.6) is 0 Å². The molecule has 5 nitrogen and oxygen atoms in total. The molecule has 0 atom stereocenters. The number of carbonyl (C=O) groups is 1. The molecule has 2 aromatic heterocycles. The van der Waals surface area contributed by atoms with Gasteiger partial charge in [0.15, 0.2) is 0 Å². The van der Waals surface area contributed by atoms with Gasteiger partial charge < -0.3 is 14.6 Å². The van der Waals surface area contributed by atoms with E-state index in [2.05, 4.69) is 28.7 Å². The highest BCUT2D eigenvalue weighted by Crippen LogP contribution is 2.45. The Hall–Kier alpha value is -2.99. The van der Waals surface area contributed by atoms with Gasteiger partial charge in [-0.15, -0.1) is 0 Å². The van der Waals surface area contributed by atoms with Gasteiger partial charge in [-0.3, -0.25) is 9.78 Å². The predicted octanol–water partition coefficient (Wildman–Crippen LogP) is 4.80. The topological polar surface area (TPSA) is 56.2 Å². The fraction of sp³-hybridized carbons (Fsp3) is 0.385. The van der Waals surface area contributed by atoms with Crippen molar-refractivity contribution in [3.8, 4) is 22.4 Å². The van der Waals surface area contributed by atoms with Crippen LogP contribution in [0.4, 0.5) is 4.39 Å². The lowest BCUT2D eigenvalue weighted by molar-refractivity contribution is 0.0608. The SMILES string of the molecule is CC1(C)CNC(=O)c2c(-c3ccc(F)cc3)c(-c3ccncc3)n(CC3CCOCC3)c21. The van der Waals surface area contributed by atoms with E-state index in [1.54, 1.807) is 24.5 Å². The van der Waals surface area contributed by atoms with Crippen molar-refractivity contribution in [2.24, 2.45) is 5.92 Å². The number of benzene rings is 1. The van der Waals surface area contributed by atoms with Gasteiger partial charge in [0.05, 0.1) is 11.3 Å². The molecule has 1 fully saturated rings. The van der Waals surface area contributed by atoms with Crippen LogP contribution in [0, 0.1) is 11.7 Å². The molecule has 1 saturated heterocycles. The molecule has 2 aliphatic rings. The summed E-state index contributed by atoms with van der Waals surface area (Å²) in [5.74, 6) is 0.113. The number of hydrogen-bond acceptors (Lipinski definition) is 3. The van der Waals surface area contributed by atoms with Crippen LogP contribution in [-0.4, -0.2) is 35.2 Å². The lowest BCUT2D eigenvalue weighted by Crippen LogP contribution is -2.44. The van der Waals surface area contributed by atoms with Gasteiger partial charge in [0.1, 0.15) is 5.82 Å². The van der Waals surface area contributed by atoms with Crippen molar-refractivity contribution < 1.29 is 13.9 Å². The number of fused-ring (bicyclic) bond motifs is 1. The molecular weight excluding hydrogens is 405 g/mol. The van der Waals surface area contributed by atoms with Crippen LogP contribution in [0.1, 0.15) is 42.7 Å². The molecule has 5 rings (SSSR count). The maximum absolute atomic E-state index is 13.8. The molecule has 0 spiro atoms. The first-order valence-corrected chi connectivity index (χ1v) is 11.2. The zero-order valence-corrected chi connectivity index (χ0v) is 18.5. The third-order valence-electron chi connectivity index (χ3n) is 6.69. The fourth-order valence-corrected chi connectivity index (χ4v) is 5.09. The van der Waals surface area contributed by atoms with Gasteiger partial charge in [0.25, 0.3) is 5.91 Å². The highest BCUT2D eigenvalue weighted by molar-refractivity contribution is 6.07. The maximum atomic E-state index is 13.8. The summed E-state index contributed by atoms with van der Waals surface area (Å²) in [5, 5.41) is 3.09. The van der Waals surface area contributed by atoms with Gasteiger partial charge in [-0.1, -0.05) is 26.0 Å². The third kappa shape index (κ3) is 3.62. The van der Waals surface area contributed by atoms with Gasteiger partial charge >= 0.3 is 0 Å². The van der Waals surface area contributed by atoms with Crippen LogP contribution in [0.25, 0.3) is 22.4 Å². The van der Waals surface area contributed by atoms with Crippen LogP contribution in [0.2, 0.25) is 0 Å². The van der Waals surface area contributed by atoms with E-state index in [1.807, 2.05) is 12.1 Å². The summed E-state index contributed by atoms with van der Waals surface area (Å²) in [5.41, 5.74) is 5.22. The van der Waals surface area contributed by atoms with Gasteiger partial charge in [-0.2, -0.15) is 0 Å². The lowest BCUT2D eigenvalue weighted by Gasteiger charge is -2.34. The van der Waals surface area contributed by atoms with Gasteiger partial charge in [-0.05, 0) is 48.6 Å². The van der Waals surface area contributed by atoms with Crippen LogP contribution in [0.15, 0.2) is 48.8 Å². The number of carbonyl (C=O) groups excluding carboxylic acids is 1. The number of aromatic nitrogens is 2. The minimum atomic E-state index is -0.292. The molecule has 1 N–H and O–H groups in total. The van der Waals surface area contributed by atoms with Crippen molar-refractivity contribution in [3.63, 3.8) is 0 Å². The van der Waals surface area contributed by atoms with Gasteiger partial charge in [0.2, 0.25) is 0 Å². The van der Waals surface area contributed by atoms with E-state index >= 15 is 0 Å². The number of hydrogen-bond donors (Lipinski definition) is 1.